The highest BCUT2D eigenvalue weighted by Crippen LogP contribution is 2.29. The van der Waals surface area contributed by atoms with Gasteiger partial charge in [0.2, 0.25) is 15.9 Å². The summed E-state index contributed by atoms with van der Waals surface area (Å²) in [5.74, 6) is -0.804. The maximum absolute atomic E-state index is 12.8. The predicted octanol–water partition coefficient (Wildman–Crippen LogP) is 2.51. The third kappa shape index (κ3) is 4.85. The Hall–Kier alpha value is -2.42. The molecule has 0 spiro atoms. The zero-order valence-corrected chi connectivity index (χ0v) is 15.9. The molecule has 0 aromatic heterocycles. The third-order valence-electron chi connectivity index (χ3n) is 4.12. The second-order valence-electron chi connectivity index (χ2n) is 6.27. The van der Waals surface area contributed by atoms with Gasteiger partial charge < -0.3 is 10.2 Å². The van der Waals surface area contributed by atoms with Gasteiger partial charge in [-0.3, -0.25) is 9.59 Å². The van der Waals surface area contributed by atoms with E-state index in [1.165, 1.54) is 0 Å². The Balaban J connectivity index is 1.87. The first-order valence-electron chi connectivity index (χ1n) is 8.23. The van der Waals surface area contributed by atoms with Crippen LogP contribution in [0.3, 0.4) is 0 Å². The lowest BCUT2D eigenvalue weighted by atomic mass is 10.1. The van der Waals surface area contributed by atoms with Crippen molar-refractivity contribution in [2.24, 2.45) is 5.14 Å². The minimum Gasteiger partial charge on any atom is -0.322 e. The Bertz CT molecular complexity index is 1010. The average molecular weight is 408 g/mol. The minimum absolute atomic E-state index is 0.0542. The van der Waals surface area contributed by atoms with Crippen molar-refractivity contribution in [3.05, 3.63) is 58.6 Å². The molecule has 0 atom stereocenters. The summed E-state index contributed by atoms with van der Waals surface area (Å²) in [5.41, 5.74) is 1.66. The van der Waals surface area contributed by atoms with E-state index >= 15 is 0 Å². The number of carbonyl (C=O) groups excluding carboxylic acids is 2. The lowest BCUT2D eigenvalue weighted by molar-refractivity contribution is -0.117. The topological polar surface area (TPSA) is 110 Å². The molecule has 1 fully saturated rings. The predicted molar refractivity (Wildman–Crippen MR) is 104 cm³/mol. The maximum atomic E-state index is 12.8. The van der Waals surface area contributed by atoms with Crippen LogP contribution >= 0.6 is 11.6 Å². The normalized spacial score (nSPS) is 14.4. The Morgan fingerprint density at radius 2 is 2.00 bits per heavy atom. The molecule has 2 amide bonds. The summed E-state index contributed by atoms with van der Waals surface area (Å²) in [6.45, 7) is 0.531. The molecule has 1 aliphatic rings. The number of halogens is 1. The van der Waals surface area contributed by atoms with E-state index in [1.807, 2.05) is 0 Å². The molecule has 142 valence electrons. The van der Waals surface area contributed by atoms with E-state index < -0.39 is 15.9 Å². The van der Waals surface area contributed by atoms with E-state index in [4.69, 9.17) is 16.7 Å². The van der Waals surface area contributed by atoms with Crippen molar-refractivity contribution in [2.75, 3.05) is 16.8 Å². The van der Waals surface area contributed by atoms with Crippen LogP contribution in [-0.4, -0.2) is 26.8 Å². The fraction of sp³-hybridized carbons (Fsp3) is 0.222. The van der Waals surface area contributed by atoms with Crippen LogP contribution in [0.5, 0.6) is 0 Å². The molecule has 3 rings (SSSR count). The maximum Gasteiger partial charge on any atom is 0.257 e. The SMILES string of the molecule is NS(=O)(=O)Cc1cccc(NC(=O)c2ccc(Cl)cc2N2CCCC2=O)c1. The molecule has 3 N–H and O–H groups in total. The van der Waals surface area contributed by atoms with Gasteiger partial charge >= 0.3 is 0 Å². The fourth-order valence-corrected chi connectivity index (χ4v) is 3.80. The number of nitrogens with two attached hydrogens (primary N) is 1. The zero-order valence-electron chi connectivity index (χ0n) is 14.3. The first-order valence-corrected chi connectivity index (χ1v) is 10.3. The van der Waals surface area contributed by atoms with E-state index in [0.717, 1.165) is 6.42 Å². The summed E-state index contributed by atoms with van der Waals surface area (Å²) in [7, 11) is -3.67. The van der Waals surface area contributed by atoms with Gasteiger partial charge in [0.25, 0.3) is 5.91 Å². The molecule has 1 saturated heterocycles. The van der Waals surface area contributed by atoms with E-state index in [-0.39, 0.29) is 11.7 Å². The van der Waals surface area contributed by atoms with Crippen molar-refractivity contribution in [3.8, 4) is 0 Å². The van der Waals surface area contributed by atoms with Crippen LogP contribution in [0.4, 0.5) is 11.4 Å². The number of rotatable bonds is 5. The highest BCUT2D eigenvalue weighted by Gasteiger charge is 2.26. The van der Waals surface area contributed by atoms with Gasteiger partial charge in [0.1, 0.15) is 0 Å². The summed E-state index contributed by atoms with van der Waals surface area (Å²) in [4.78, 5) is 26.4. The van der Waals surface area contributed by atoms with Gasteiger partial charge in [0, 0.05) is 23.7 Å². The Kier molecular flexibility index (Phi) is 5.50. The van der Waals surface area contributed by atoms with Crippen molar-refractivity contribution in [1.82, 2.24) is 0 Å². The van der Waals surface area contributed by atoms with Crippen molar-refractivity contribution in [3.63, 3.8) is 0 Å². The number of amides is 2. The molecule has 27 heavy (non-hydrogen) atoms. The number of benzene rings is 2. The Morgan fingerprint density at radius 3 is 2.67 bits per heavy atom. The lowest BCUT2D eigenvalue weighted by Crippen LogP contribution is -2.27. The monoisotopic (exact) mass is 407 g/mol. The number of carbonyl (C=O) groups is 2. The molecule has 2 aromatic rings. The second-order valence-corrected chi connectivity index (χ2v) is 8.32. The molecule has 2 aromatic carbocycles. The van der Waals surface area contributed by atoms with Crippen LogP contribution in [0.15, 0.2) is 42.5 Å². The van der Waals surface area contributed by atoms with Crippen LogP contribution in [-0.2, 0) is 20.6 Å². The quantitative estimate of drug-likeness (QED) is 0.793. The van der Waals surface area contributed by atoms with Crippen LogP contribution in [0.25, 0.3) is 0 Å². The van der Waals surface area contributed by atoms with Gasteiger partial charge in [-0.15, -0.1) is 0 Å². The summed E-state index contributed by atoms with van der Waals surface area (Å²) >= 11 is 6.05. The van der Waals surface area contributed by atoms with Gasteiger partial charge in [-0.25, -0.2) is 13.6 Å². The first kappa shape index (κ1) is 19.3. The molecule has 1 heterocycles. The molecule has 7 nitrogen and oxygen atoms in total. The van der Waals surface area contributed by atoms with Gasteiger partial charge in [0.15, 0.2) is 0 Å². The van der Waals surface area contributed by atoms with Crippen LogP contribution in [0.1, 0.15) is 28.8 Å². The smallest absolute Gasteiger partial charge is 0.257 e. The largest absolute Gasteiger partial charge is 0.322 e. The molecule has 0 saturated carbocycles. The molecular formula is C18H18ClN3O4S. The van der Waals surface area contributed by atoms with E-state index in [1.54, 1.807) is 47.4 Å². The number of hydrogen-bond acceptors (Lipinski definition) is 4. The molecule has 9 heteroatoms. The van der Waals surface area contributed by atoms with Crippen molar-refractivity contribution in [2.45, 2.75) is 18.6 Å². The molecule has 0 aliphatic carbocycles. The minimum atomic E-state index is -3.67. The average Bonchev–Trinajstić information content (AvgIpc) is 2.99. The fourth-order valence-electron chi connectivity index (χ4n) is 2.99. The lowest BCUT2D eigenvalue weighted by Gasteiger charge is -2.20. The van der Waals surface area contributed by atoms with Crippen molar-refractivity contribution < 1.29 is 18.0 Å². The van der Waals surface area contributed by atoms with Crippen LogP contribution in [0.2, 0.25) is 5.02 Å². The molecule has 0 bridgehead atoms. The highest BCUT2D eigenvalue weighted by atomic mass is 35.5. The Labute approximate surface area is 162 Å². The van der Waals surface area contributed by atoms with Gasteiger partial charge in [-0.05, 0) is 42.3 Å². The summed E-state index contributed by atoms with van der Waals surface area (Å²) in [5, 5.41) is 8.22. The van der Waals surface area contributed by atoms with Crippen LogP contribution in [0, 0.1) is 0 Å². The summed E-state index contributed by atoms with van der Waals surface area (Å²) in [6, 6.07) is 11.2. The number of nitrogens with one attached hydrogen (secondary N) is 1. The zero-order chi connectivity index (χ0) is 19.6. The first-order chi connectivity index (χ1) is 12.7. The van der Waals surface area contributed by atoms with Gasteiger partial charge in [-0.1, -0.05) is 23.7 Å². The van der Waals surface area contributed by atoms with Crippen molar-refractivity contribution >= 4 is 44.8 Å². The van der Waals surface area contributed by atoms with E-state index in [2.05, 4.69) is 5.32 Å². The van der Waals surface area contributed by atoms with Crippen molar-refractivity contribution in [1.29, 1.82) is 0 Å². The molecular weight excluding hydrogens is 390 g/mol. The van der Waals surface area contributed by atoms with Crippen LogP contribution < -0.4 is 15.4 Å². The summed E-state index contributed by atoms with van der Waals surface area (Å²) < 4.78 is 22.5. The number of primary sulfonamides is 1. The molecule has 0 radical (unpaired) electrons. The Morgan fingerprint density at radius 1 is 1.22 bits per heavy atom. The number of anilines is 2. The van der Waals surface area contributed by atoms with E-state index in [0.29, 0.717) is 40.5 Å². The van der Waals surface area contributed by atoms with Gasteiger partial charge in [0.05, 0.1) is 17.0 Å². The number of sulfonamides is 1. The standard InChI is InChI=1S/C18H18ClN3O4S/c19-13-6-7-15(16(10-13)22-8-2-5-17(22)23)18(24)21-14-4-1-3-12(9-14)11-27(20,25)26/h1,3-4,6-7,9-10H,2,5,8,11H2,(H,21,24)(H2,20,25,26). The van der Waals surface area contributed by atoms with E-state index in [9.17, 15) is 18.0 Å². The molecule has 1 aliphatic heterocycles. The molecule has 0 unspecified atom stereocenters. The second kappa shape index (κ2) is 7.67. The van der Waals surface area contributed by atoms with Gasteiger partial charge in [-0.2, -0.15) is 0 Å². The third-order valence-corrected chi connectivity index (χ3v) is 5.09. The summed E-state index contributed by atoms with van der Waals surface area (Å²) in [6.07, 6.45) is 1.16. The highest BCUT2D eigenvalue weighted by molar-refractivity contribution is 7.88. The number of nitrogens with zero attached hydrogens (tertiary/aromatic N) is 1. The number of hydrogen-bond donors (Lipinski definition) is 2.